The molecule has 8 heteroatoms. The second kappa shape index (κ2) is 31.7. The summed E-state index contributed by atoms with van der Waals surface area (Å²) in [5, 5.41) is 20.6. The van der Waals surface area contributed by atoms with Gasteiger partial charge < -0.3 is 19.7 Å². The van der Waals surface area contributed by atoms with Gasteiger partial charge in [-0.3, -0.25) is 19.2 Å². The van der Waals surface area contributed by atoms with Gasteiger partial charge in [0.2, 0.25) is 0 Å². The largest absolute Gasteiger partial charge is 0.481 e. The number of rotatable bonds is 32. The molecule has 0 heterocycles. The fourth-order valence-corrected chi connectivity index (χ4v) is 9.83. The van der Waals surface area contributed by atoms with E-state index in [1.165, 1.54) is 64.2 Å². The summed E-state index contributed by atoms with van der Waals surface area (Å²) in [5.41, 5.74) is -3.23. The third-order valence-corrected chi connectivity index (χ3v) is 13.8. The molecule has 0 saturated heterocycles. The Morgan fingerprint density at radius 3 is 0.983 bits per heavy atom. The second-order valence-electron chi connectivity index (χ2n) is 20.8. The van der Waals surface area contributed by atoms with Crippen molar-refractivity contribution in [2.75, 3.05) is 13.2 Å². The summed E-state index contributed by atoms with van der Waals surface area (Å²) in [6.45, 7) is 18.7. The number of carbonyl (C=O) groups excluding carboxylic acids is 2. The van der Waals surface area contributed by atoms with Gasteiger partial charge >= 0.3 is 23.9 Å². The van der Waals surface area contributed by atoms with Crippen molar-refractivity contribution in [2.45, 2.75) is 254 Å². The highest BCUT2D eigenvalue weighted by atomic mass is 16.6. The van der Waals surface area contributed by atoms with E-state index in [2.05, 4.69) is 55.4 Å². The van der Waals surface area contributed by atoms with Crippen LogP contribution in [0.4, 0.5) is 0 Å². The van der Waals surface area contributed by atoms with Crippen LogP contribution in [0.3, 0.4) is 0 Å². The molecular formula is C52H96O8. The molecule has 60 heavy (non-hydrogen) atoms. The lowest BCUT2D eigenvalue weighted by Gasteiger charge is -2.49. The molecule has 352 valence electrons. The lowest BCUT2D eigenvalue weighted by molar-refractivity contribution is -0.182. The number of carbonyl (C=O) groups is 4. The first-order valence-electron chi connectivity index (χ1n) is 25.4. The van der Waals surface area contributed by atoms with E-state index >= 15 is 0 Å². The second-order valence-corrected chi connectivity index (χ2v) is 20.8. The summed E-state index contributed by atoms with van der Waals surface area (Å²) in [6.07, 6.45) is 29.7. The van der Waals surface area contributed by atoms with Gasteiger partial charge in [-0.25, -0.2) is 0 Å². The number of esters is 2. The fourth-order valence-electron chi connectivity index (χ4n) is 9.83. The minimum Gasteiger partial charge on any atom is -0.481 e. The van der Waals surface area contributed by atoms with E-state index in [0.29, 0.717) is 63.6 Å². The van der Waals surface area contributed by atoms with Crippen LogP contribution in [-0.2, 0) is 28.7 Å². The zero-order chi connectivity index (χ0) is 44.9. The summed E-state index contributed by atoms with van der Waals surface area (Å²) in [6, 6.07) is 0. The molecule has 0 aromatic heterocycles. The molecule has 0 aromatic carbocycles. The van der Waals surface area contributed by atoms with Crippen molar-refractivity contribution in [3.63, 3.8) is 0 Å². The topological polar surface area (TPSA) is 127 Å². The maximum Gasteiger partial charge on any atom is 0.323 e. The van der Waals surface area contributed by atoms with Crippen molar-refractivity contribution in [3.05, 3.63) is 0 Å². The zero-order valence-electron chi connectivity index (χ0n) is 40.5. The number of carboxylic acids is 2. The molecule has 2 fully saturated rings. The molecule has 2 atom stereocenters. The summed E-state index contributed by atoms with van der Waals surface area (Å²) in [7, 11) is 0. The Hall–Kier alpha value is -2.12. The van der Waals surface area contributed by atoms with Gasteiger partial charge in [0.15, 0.2) is 5.41 Å². The Morgan fingerprint density at radius 2 is 0.683 bits per heavy atom. The van der Waals surface area contributed by atoms with Crippen LogP contribution in [0.1, 0.15) is 254 Å². The minimum atomic E-state index is -1.09. The lowest BCUT2D eigenvalue weighted by Crippen LogP contribution is -2.54. The minimum absolute atomic E-state index is 0.341. The van der Waals surface area contributed by atoms with Gasteiger partial charge in [-0.05, 0) is 75.0 Å². The van der Waals surface area contributed by atoms with Gasteiger partial charge in [0.25, 0.3) is 0 Å². The highest BCUT2D eigenvalue weighted by Gasteiger charge is 2.61. The van der Waals surface area contributed by atoms with Gasteiger partial charge in [-0.2, -0.15) is 0 Å². The number of hydrogen-bond acceptors (Lipinski definition) is 6. The van der Waals surface area contributed by atoms with Crippen LogP contribution in [0.25, 0.3) is 0 Å². The molecule has 2 aliphatic carbocycles. The molecule has 2 unspecified atom stereocenters. The average Bonchev–Trinajstić information content (AvgIpc) is 3.19. The predicted molar refractivity (Wildman–Crippen MR) is 247 cm³/mol. The Balaban J connectivity index is 0.000000600. The smallest absolute Gasteiger partial charge is 0.323 e. The van der Waals surface area contributed by atoms with E-state index in [4.69, 9.17) is 9.47 Å². The predicted octanol–water partition coefficient (Wildman–Crippen LogP) is 14.9. The summed E-state index contributed by atoms with van der Waals surface area (Å²) in [4.78, 5) is 50.8. The van der Waals surface area contributed by atoms with Crippen LogP contribution in [0.15, 0.2) is 0 Å². The molecule has 2 N–H and O–H groups in total. The maximum absolute atomic E-state index is 12.9. The Labute approximate surface area is 369 Å². The van der Waals surface area contributed by atoms with E-state index in [1.807, 2.05) is 0 Å². The third-order valence-electron chi connectivity index (χ3n) is 13.8. The van der Waals surface area contributed by atoms with Crippen LogP contribution in [0.5, 0.6) is 0 Å². The van der Waals surface area contributed by atoms with E-state index < -0.39 is 28.2 Å². The highest BCUT2D eigenvalue weighted by molar-refractivity contribution is 6.00. The van der Waals surface area contributed by atoms with Crippen LogP contribution in [0.2, 0.25) is 0 Å². The molecule has 0 aliphatic heterocycles. The number of unbranched alkanes of at least 4 members (excludes halogenated alkanes) is 12. The first-order valence-corrected chi connectivity index (χ1v) is 25.4. The van der Waals surface area contributed by atoms with Gasteiger partial charge in [0.1, 0.15) is 0 Å². The quantitative estimate of drug-likeness (QED) is 0.0389. The van der Waals surface area contributed by atoms with Crippen molar-refractivity contribution in [1.29, 1.82) is 0 Å². The average molecular weight is 849 g/mol. The number of ether oxygens (including phenoxy) is 2. The van der Waals surface area contributed by atoms with E-state index in [9.17, 15) is 29.4 Å². The number of carboxylic acid groups (broad SMARTS) is 2. The zero-order valence-corrected chi connectivity index (χ0v) is 40.5. The fraction of sp³-hybridized carbons (Fsp3) is 0.923. The van der Waals surface area contributed by atoms with E-state index in [0.717, 1.165) is 108 Å². The van der Waals surface area contributed by atoms with Gasteiger partial charge in [0, 0.05) is 0 Å². The Bertz CT molecular complexity index is 1070. The molecular weight excluding hydrogens is 753 g/mol. The molecule has 2 aliphatic rings. The molecule has 0 radical (unpaired) electrons. The van der Waals surface area contributed by atoms with Crippen molar-refractivity contribution in [1.82, 2.24) is 0 Å². The maximum atomic E-state index is 12.9. The molecule has 2 saturated carbocycles. The molecule has 0 aromatic rings. The molecule has 0 amide bonds. The molecule has 8 nitrogen and oxygen atoms in total. The number of hydrogen-bond donors (Lipinski definition) is 2. The lowest BCUT2D eigenvalue weighted by atomic mass is 9.52. The molecule has 2 rings (SSSR count). The highest BCUT2D eigenvalue weighted by Crippen LogP contribution is 2.57. The molecule has 0 bridgehead atoms. The van der Waals surface area contributed by atoms with E-state index in [1.54, 1.807) is 0 Å². The number of aliphatic carboxylic acids is 2. The van der Waals surface area contributed by atoms with Crippen LogP contribution in [-0.4, -0.2) is 47.3 Å². The Kier molecular flexibility index (Phi) is 29.5. The van der Waals surface area contributed by atoms with Crippen molar-refractivity contribution < 1.29 is 38.9 Å². The first-order chi connectivity index (χ1) is 28.6. The van der Waals surface area contributed by atoms with Crippen LogP contribution >= 0.6 is 0 Å². The van der Waals surface area contributed by atoms with Crippen LogP contribution in [0, 0.1) is 39.9 Å². The van der Waals surface area contributed by atoms with Gasteiger partial charge in [-0.15, -0.1) is 0 Å². The third kappa shape index (κ3) is 20.8. The molecule has 0 spiro atoms. The summed E-state index contributed by atoms with van der Waals surface area (Å²) >= 11 is 0. The van der Waals surface area contributed by atoms with Crippen molar-refractivity contribution in [3.8, 4) is 0 Å². The van der Waals surface area contributed by atoms with Crippen LogP contribution < -0.4 is 0 Å². The summed E-state index contributed by atoms with van der Waals surface area (Å²) in [5.74, 6) is 0.485. The van der Waals surface area contributed by atoms with Gasteiger partial charge in [-0.1, -0.05) is 203 Å². The summed E-state index contributed by atoms with van der Waals surface area (Å²) < 4.78 is 11.2. The van der Waals surface area contributed by atoms with Crippen molar-refractivity contribution in [2.24, 2.45) is 39.9 Å². The first kappa shape index (κ1) is 55.9. The van der Waals surface area contributed by atoms with Gasteiger partial charge in [0.05, 0.1) is 24.0 Å². The van der Waals surface area contributed by atoms with E-state index in [-0.39, 0.29) is 11.9 Å². The van der Waals surface area contributed by atoms with Crippen molar-refractivity contribution >= 4 is 23.9 Å². The normalized spacial score (nSPS) is 20.3. The SMILES string of the molecule is CC(C)CCCCCCC1(C(=O)O)CCCCC1(CCCCCCC(C)C)C(=O)O.CC(C)CCCCCCOC(=O)C1(C(=O)OCCCCCCC(C)C)CCCCC1. The standard InChI is InChI=1S/2C26H48O4/c1-22(2)16-10-5-7-14-20-29-24(27)26(18-12-9-13-19-26)25(28)30-21-15-8-6-11-17-23(3)4;1-21(2)15-9-5-7-11-17-25(23(27)28)19-13-14-20-26(25,24(29)30)18-12-8-6-10-16-22(3)4/h22-23H,5-21H2,1-4H3;21-22H,5-20H2,1-4H3,(H,27,28)(H,29,30). The Morgan fingerprint density at radius 1 is 0.400 bits per heavy atom. The monoisotopic (exact) mass is 849 g/mol.